The number of nitro groups is 1. The summed E-state index contributed by atoms with van der Waals surface area (Å²) in [6, 6.07) is 2.11. The summed E-state index contributed by atoms with van der Waals surface area (Å²) in [7, 11) is -3.85. The molecule has 1 fully saturated rings. The number of piperazine rings is 1. The molecule has 10 heteroatoms. The van der Waals surface area contributed by atoms with Crippen LogP contribution in [0.2, 0.25) is 0 Å². The lowest BCUT2D eigenvalue weighted by atomic mass is 10.4. The molecular weight excluding hydrogens is 276 g/mol. The van der Waals surface area contributed by atoms with Gasteiger partial charge in [-0.05, 0) is 16.0 Å². The number of nitrogens with zero attached hydrogens (tertiary/aromatic N) is 3. The van der Waals surface area contributed by atoms with Crippen LogP contribution in [0.15, 0.2) is 23.2 Å². The van der Waals surface area contributed by atoms with Crippen LogP contribution in [0.1, 0.15) is 0 Å². The van der Waals surface area contributed by atoms with Crippen LogP contribution in [0.5, 0.6) is 0 Å². The van der Waals surface area contributed by atoms with E-state index in [1.54, 1.807) is 0 Å². The van der Waals surface area contributed by atoms with Crippen LogP contribution in [-0.4, -0.2) is 48.2 Å². The third-order valence-electron chi connectivity index (χ3n) is 2.55. The summed E-state index contributed by atoms with van der Waals surface area (Å²) in [6.45, 7) is 0.128. The highest BCUT2D eigenvalue weighted by Gasteiger charge is 2.30. The SMILES string of the molecule is O=C1CN(S(=O)(=O)c2ccc([N+](=O)[O-])nc2)CCN1. The highest BCUT2D eigenvalue weighted by atomic mass is 32.2. The van der Waals surface area contributed by atoms with Crippen molar-refractivity contribution in [3.05, 3.63) is 28.4 Å². The molecule has 1 aromatic heterocycles. The van der Waals surface area contributed by atoms with Gasteiger partial charge in [-0.3, -0.25) is 4.79 Å². The van der Waals surface area contributed by atoms with Gasteiger partial charge in [-0.2, -0.15) is 4.31 Å². The summed E-state index contributed by atoms with van der Waals surface area (Å²) in [6.07, 6.45) is 0.917. The van der Waals surface area contributed by atoms with Crippen LogP contribution in [0, 0.1) is 10.1 Å². The maximum Gasteiger partial charge on any atom is 0.363 e. The predicted molar refractivity (Wildman–Crippen MR) is 62.7 cm³/mol. The lowest BCUT2D eigenvalue weighted by molar-refractivity contribution is -0.389. The molecule has 0 aromatic carbocycles. The van der Waals surface area contributed by atoms with Gasteiger partial charge in [0.05, 0.1) is 6.54 Å². The average Bonchev–Trinajstić information content (AvgIpc) is 2.39. The van der Waals surface area contributed by atoms with E-state index >= 15 is 0 Å². The zero-order valence-corrected chi connectivity index (χ0v) is 10.5. The third kappa shape index (κ3) is 2.69. The van der Waals surface area contributed by atoms with Crippen LogP contribution in [0.4, 0.5) is 5.82 Å². The molecular formula is C9H10N4O5S. The van der Waals surface area contributed by atoms with E-state index in [0.717, 1.165) is 22.6 Å². The Hall–Kier alpha value is -2.07. The molecule has 0 radical (unpaired) electrons. The van der Waals surface area contributed by atoms with Crippen LogP contribution in [-0.2, 0) is 14.8 Å². The van der Waals surface area contributed by atoms with Crippen molar-refractivity contribution in [2.75, 3.05) is 19.6 Å². The molecule has 0 unspecified atom stereocenters. The molecule has 0 atom stereocenters. The molecule has 1 amide bonds. The summed E-state index contributed by atoms with van der Waals surface area (Å²) in [5.41, 5.74) is 0. The summed E-state index contributed by atoms with van der Waals surface area (Å²) in [5.74, 6) is -0.819. The minimum absolute atomic E-state index is 0.158. The highest BCUT2D eigenvalue weighted by molar-refractivity contribution is 7.89. The molecule has 1 saturated heterocycles. The van der Waals surface area contributed by atoms with E-state index in [1.165, 1.54) is 0 Å². The molecule has 0 aliphatic carbocycles. The standard InChI is InChI=1S/C9H10N4O5S/c14-9-6-12(4-3-10-9)19(17,18)7-1-2-8(11-5-7)13(15)16/h1-2,5H,3-4,6H2,(H,10,14). The lowest BCUT2D eigenvalue weighted by Crippen LogP contribution is -2.49. The van der Waals surface area contributed by atoms with Gasteiger partial charge in [0.2, 0.25) is 15.9 Å². The number of carbonyl (C=O) groups is 1. The molecule has 0 spiro atoms. The van der Waals surface area contributed by atoms with Crippen molar-refractivity contribution in [3.8, 4) is 0 Å². The lowest BCUT2D eigenvalue weighted by Gasteiger charge is -2.25. The van der Waals surface area contributed by atoms with Crippen LogP contribution < -0.4 is 5.32 Å². The largest absolute Gasteiger partial charge is 0.363 e. The fourth-order valence-electron chi connectivity index (χ4n) is 1.60. The zero-order chi connectivity index (χ0) is 14.0. The van der Waals surface area contributed by atoms with Gasteiger partial charge in [0.1, 0.15) is 4.90 Å². The second-order valence-corrected chi connectivity index (χ2v) is 5.74. The Morgan fingerprint density at radius 2 is 2.16 bits per heavy atom. The Kier molecular flexibility index (Phi) is 3.44. The molecule has 9 nitrogen and oxygen atoms in total. The van der Waals surface area contributed by atoms with Crippen molar-refractivity contribution in [1.82, 2.24) is 14.6 Å². The normalized spacial score (nSPS) is 16.9. The minimum atomic E-state index is -3.85. The predicted octanol–water partition coefficient (Wildman–Crippen LogP) is -0.890. The molecule has 2 rings (SSSR count). The number of sulfonamides is 1. The summed E-state index contributed by atoms with van der Waals surface area (Å²) >= 11 is 0. The molecule has 1 aliphatic rings. The fraction of sp³-hybridized carbons (Fsp3) is 0.333. The second-order valence-electron chi connectivity index (χ2n) is 3.80. The van der Waals surface area contributed by atoms with Crippen molar-refractivity contribution < 1.29 is 18.1 Å². The van der Waals surface area contributed by atoms with Gasteiger partial charge in [-0.1, -0.05) is 0 Å². The first kappa shape index (κ1) is 13.4. The van der Waals surface area contributed by atoms with Gasteiger partial charge < -0.3 is 15.4 Å². The highest BCUT2D eigenvalue weighted by Crippen LogP contribution is 2.17. The third-order valence-corrected chi connectivity index (χ3v) is 4.38. The molecule has 1 N–H and O–H groups in total. The summed E-state index contributed by atoms with van der Waals surface area (Å²) in [5, 5.41) is 12.9. The van der Waals surface area contributed by atoms with Crippen LogP contribution in [0.25, 0.3) is 0 Å². The molecule has 1 aliphatic heterocycles. The minimum Gasteiger partial charge on any atom is -0.358 e. The van der Waals surface area contributed by atoms with Gasteiger partial charge >= 0.3 is 5.82 Å². The van der Waals surface area contributed by atoms with E-state index in [-0.39, 0.29) is 30.4 Å². The van der Waals surface area contributed by atoms with E-state index in [2.05, 4.69) is 10.3 Å². The van der Waals surface area contributed by atoms with E-state index in [4.69, 9.17) is 0 Å². The first-order chi connectivity index (χ1) is 8.91. The molecule has 2 heterocycles. The van der Waals surface area contributed by atoms with Crippen LogP contribution >= 0.6 is 0 Å². The van der Waals surface area contributed by atoms with Crippen molar-refractivity contribution in [2.24, 2.45) is 0 Å². The number of nitrogens with one attached hydrogen (secondary N) is 1. The van der Waals surface area contributed by atoms with Gasteiger partial charge in [0.25, 0.3) is 0 Å². The molecule has 0 saturated carbocycles. The number of amides is 1. The smallest absolute Gasteiger partial charge is 0.358 e. The second kappa shape index (κ2) is 4.90. The summed E-state index contributed by atoms with van der Waals surface area (Å²) in [4.78, 5) is 24.2. The van der Waals surface area contributed by atoms with Crippen LogP contribution in [0.3, 0.4) is 0 Å². The maximum atomic E-state index is 12.2. The first-order valence-corrected chi connectivity index (χ1v) is 6.72. The van der Waals surface area contributed by atoms with Gasteiger partial charge in [-0.25, -0.2) is 8.42 Å². The molecule has 102 valence electrons. The van der Waals surface area contributed by atoms with E-state index in [0.29, 0.717) is 0 Å². The Labute approximate surface area is 108 Å². The number of carbonyl (C=O) groups excluding carboxylic acids is 1. The van der Waals surface area contributed by atoms with Crippen molar-refractivity contribution in [2.45, 2.75) is 4.90 Å². The monoisotopic (exact) mass is 286 g/mol. The number of pyridine rings is 1. The fourth-order valence-corrected chi connectivity index (χ4v) is 2.95. The summed E-state index contributed by atoms with van der Waals surface area (Å²) < 4.78 is 25.3. The Morgan fingerprint density at radius 1 is 1.42 bits per heavy atom. The van der Waals surface area contributed by atoms with Crippen molar-refractivity contribution in [1.29, 1.82) is 0 Å². The number of hydrogen-bond acceptors (Lipinski definition) is 6. The van der Waals surface area contributed by atoms with E-state index in [1.807, 2.05) is 0 Å². The quantitative estimate of drug-likeness (QED) is 0.568. The van der Waals surface area contributed by atoms with Gasteiger partial charge in [0, 0.05) is 19.2 Å². The number of hydrogen-bond donors (Lipinski definition) is 1. The maximum absolute atomic E-state index is 12.2. The average molecular weight is 286 g/mol. The first-order valence-electron chi connectivity index (χ1n) is 5.28. The molecule has 0 bridgehead atoms. The Balaban J connectivity index is 2.28. The van der Waals surface area contributed by atoms with Gasteiger partial charge in [0.15, 0.2) is 6.20 Å². The number of aromatic nitrogens is 1. The van der Waals surface area contributed by atoms with E-state index < -0.39 is 20.8 Å². The Bertz CT molecular complexity index is 612. The topological polar surface area (TPSA) is 123 Å². The molecule has 19 heavy (non-hydrogen) atoms. The van der Waals surface area contributed by atoms with Crippen molar-refractivity contribution >= 4 is 21.7 Å². The Morgan fingerprint density at radius 3 is 2.68 bits per heavy atom. The number of rotatable bonds is 3. The van der Waals surface area contributed by atoms with E-state index in [9.17, 15) is 23.3 Å². The van der Waals surface area contributed by atoms with Gasteiger partial charge in [-0.15, -0.1) is 0 Å². The zero-order valence-electron chi connectivity index (χ0n) is 9.64. The van der Waals surface area contributed by atoms with Crippen molar-refractivity contribution in [3.63, 3.8) is 0 Å². The molecule has 1 aromatic rings.